The number of benzene rings is 2. The zero-order valence-electron chi connectivity index (χ0n) is 20.6. The Morgan fingerprint density at radius 1 is 1.09 bits per heavy atom. The van der Waals surface area contributed by atoms with E-state index in [4.69, 9.17) is 9.47 Å². The molecular weight excluding hydrogens is 442 g/mol. The van der Waals surface area contributed by atoms with Crippen molar-refractivity contribution in [1.29, 1.82) is 0 Å². The summed E-state index contributed by atoms with van der Waals surface area (Å²) >= 11 is 0. The van der Waals surface area contributed by atoms with Crippen LogP contribution in [0.3, 0.4) is 0 Å². The van der Waals surface area contributed by atoms with E-state index in [1.54, 1.807) is 6.08 Å². The lowest BCUT2D eigenvalue weighted by atomic mass is 9.80. The molecule has 6 heteroatoms. The average molecular weight is 480 g/mol. The molecule has 2 fully saturated rings. The number of carboxylic acids is 1. The molecule has 0 bridgehead atoms. The van der Waals surface area contributed by atoms with Crippen molar-refractivity contribution in [2.24, 2.45) is 5.92 Å². The van der Waals surface area contributed by atoms with Crippen molar-refractivity contribution in [2.45, 2.75) is 57.3 Å². The molecule has 6 nitrogen and oxygen atoms in total. The molecule has 1 aliphatic heterocycles. The monoisotopic (exact) mass is 479 g/mol. The normalized spacial score (nSPS) is 23.1. The van der Waals surface area contributed by atoms with Gasteiger partial charge in [0.1, 0.15) is 6.61 Å². The van der Waals surface area contributed by atoms with Crippen LogP contribution in [0.15, 0.2) is 66.4 Å². The van der Waals surface area contributed by atoms with E-state index in [9.17, 15) is 15.0 Å². The van der Waals surface area contributed by atoms with Crippen LogP contribution in [-0.2, 0) is 20.9 Å². The fourth-order valence-electron chi connectivity index (χ4n) is 5.42. The molecule has 3 atom stereocenters. The second kappa shape index (κ2) is 11.8. The fraction of sp³-hybridized carbons (Fsp3) is 0.483. The van der Waals surface area contributed by atoms with Gasteiger partial charge in [-0.15, -0.1) is 0 Å². The van der Waals surface area contributed by atoms with E-state index in [0.29, 0.717) is 32.0 Å². The lowest BCUT2D eigenvalue weighted by Gasteiger charge is -2.40. The van der Waals surface area contributed by atoms with Gasteiger partial charge in [0.15, 0.2) is 5.60 Å². The summed E-state index contributed by atoms with van der Waals surface area (Å²) in [6.45, 7) is 5.29. The first kappa shape index (κ1) is 25.4. The number of hydrogen-bond acceptors (Lipinski definition) is 5. The van der Waals surface area contributed by atoms with Gasteiger partial charge in [-0.3, -0.25) is 4.90 Å². The van der Waals surface area contributed by atoms with Crippen LogP contribution in [0, 0.1) is 5.92 Å². The molecule has 4 rings (SSSR count). The molecule has 2 aromatic carbocycles. The molecule has 1 heterocycles. The van der Waals surface area contributed by atoms with Crippen molar-refractivity contribution in [3.05, 3.63) is 72.0 Å². The van der Waals surface area contributed by atoms with Gasteiger partial charge >= 0.3 is 5.97 Å². The minimum absolute atomic E-state index is 0.0456. The second-order valence-electron chi connectivity index (χ2n) is 9.56. The summed E-state index contributed by atoms with van der Waals surface area (Å²) in [6, 6.07) is 18.6. The molecule has 188 valence electrons. The predicted octanol–water partition coefficient (Wildman–Crippen LogP) is 4.87. The fourth-order valence-corrected chi connectivity index (χ4v) is 5.42. The molecule has 1 saturated heterocycles. The highest BCUT2D eigenvalue weighted by molar-refractivity contribution is 5.78. The summed E-state index contributed by atoms with van der Waals surface area (Å²) in [6.07, 6.45) is 5.03. The lowest BCUT2D eigenvalue weighted by Crippen LogP contribution is -2.55. The first-order valence-corrected chi connectivity index (χ1v) is 12.7. The molecular formula is C29H37NO5. The van der Waals surface area contributed by atoms with Gasteiger partial charge < -0.3 is 19.7 Å². The van der Waals surface area contributed by atoms with Gasteiger partial charge in [0.2, 0.25) is 0 Å². The van der Waals surface area contributed by atoms with Crippen LogP contribution in [0.25, 0.3) is 11.1 Å². The molecule has 35 heavy (non-hydrogen) atoms. The number of rotatable bonds is 10. The molecule has 0 amide bonds. The van der Waals surface area contributed by atoms with Crippen LogP contribution in [0.5, 0.6) is 0 Å². The maximum absolute atomic E-state index is 12.3. The Hall–Kier alpha value is -2.67. The summed E-state index contributed by atoms with van der Waals surface area (Å²) < 4.78 is 11.5. The van der Waals surface area contributed by atoms with Crippen LogP contribution in [0.2, 0.25) is 0 Å². The third-order valence-corrected chi connectivity index (χ3v) is 7.45. The van der Waals surface area contributed by atoms with E-state index in [1.807, 2.05) is 25.1 Å². The van der Waals surface area contributed by atoms with E-state index in [2.05, 4.69) is 41.3 Å². The van der Waals surface area contributed by atoms with E-state index in [-0.39, 0.29) is 18.4 Å². The van der Waals surface area contributed by atoms with E-state index < -0.39 is 11.6 Å². The number of carboxylic acid groups (broad SMARTS) is 1. The van der Waals surface area contributed by atoms with Gasteiger partial charge in [0.05, 0.1) is 19.0 Å². The molecule has 2 aliphatic rings. The van der Waals surface area contributed by atoms with Crippen molar-refractivity contribution in [3.63, 3.8) is 0 Å². The third-order valence-electron chi connectivity index (χ3n) is 7.45. The zero-order valence-corrected chi connectivity index (χ0v) is 20.6. The molecule has 0 aromatic heterocycles. The van der Waals surface area contributed by atoms with E-state index >= 15 is 0 Å². The van der Waals surface area contributed by atoms with Crippen molar-refractivity contribution < 1.29 is 24.5 Å². The van der Waals surface area contributed by atoms with Gasteiger partial charge in [-0.05, 0) is 35.6 Å². The number of hydrogen-bond donors (Lipinski definition) is 2. The summed E-state index contributed by atoms with van der Waals surface area (Å²) in [7, 11) is 0. The number of ether oxygens (including phenoxy) is 2. The molecule has 1 aliphatic carbocycles. The number of aliphatic carboxylic acids is 1. The largest absolute Gasteiger partial charge is 0.494 e. The van der Waals surface area contributed by atoms with Gasteiger partial charge in [0, 0.05) is 37.9 Å². The number of nitrogens with zero attached hydrogens (tertiary/aromatic N) is 1. The maximum atomic E-state index is 12.3. The Balaban J connectivity index is 1.40. The predicted molar refractivity (Wildman–Crippen MR) is 136 cm³/mol. The Morgan fingerprint density at radius 3 is 2.43 bits per heavy atom. The summed E-state index contributed by atoms with van der Waals surface area (Å²) in [5.74, 6) is -0.749. The number of allylic oxidation sites excluding steroid dienone is 1. The highest BCUT2D eigenvalue weighted by Gasteiger charge is 2.50. The van der Waals surface area contributed by atoms with Crippen molar-refractivity contribution in [2.75, 3.05) is 26.3 Å². The number of morpholine rings is 1. The van der Waals surface area contributed by atoms with Gasteiger partial charge in [-0.1, -0.05) is 67.9 Å². The van der Waals surface area contributed by atoms with Gasteiger partial charge in [-0.2, -0.15) is 0 Å². The van der Waals surface area contributed by atoms with Gasteiger partial charge in [0.25, 0.3) is 0 Å². The first-order chi connectivity index (χ1) is 17.0. The molecule has 0 radical (unpaired) electrons. The van der Waals surface area contributed by atoms with E-state index in [1.165, 1.54) is 5.56 Å². The quantitative estimate of drug-likeness (QED) is 0.473. The van der Waals surface area contributed by atoms with Crippen LogP contribution in [0.4, 0.5) is 0 Å². The van der Waals surface area contributed by atoms with Crippen LogP contribution >= 0.6 is 0 Å². The highest BCUT2D eigenvalue weighted by atomic mass is 16.5. The number of aliphatic hydroxyl groups is 1. The van der Waals surface area contributed by atoms with Crippen molar-refractivity contribution in [3.8, 4) is 11.1 Å². The molecule has 1 saturated carbocycles. The highest BCUT2D eigenvalue weighted by Crippen LogP contribution is 2.40. The first-order valence-electron chi connectivity index (χ1n) is 12.7. The average Bonchev–Trinajstić information content (AvgIpc) is 3.41. The lowest BCUT2D eigenvalue weighted by molar-refractivity contribution is -0.167. The molecule has 2 N–H and O–H groups in total. The van der Waals surface area contributed by atoms with Crippen LogP contribution in [-0.4, -0.2) is 59.0 Å². The van der Waals surface area contributed by atoms with Crippen molar-refractivity contribution >= 4 is 5.97 Å². The third kappa shape index (κ3) is 6.13. The zero-order chi connectivity index (χ0) is 24.7. The standard InChI is InChI=1S/C29H37NO5/c1-2-25(35-21-22-11-13-24(14-12-22)23-7-4-3-5-8-23)15-16-29(33,28(31)32)26-9-6-10-27(26)30-17-19-34-20-18-30/h3-5,7-8,11-15,26-27,33H,2,6,9-10,16-21H2,1H3,(H,31,32). The molecule has 2 aromatic rings. The van der Waals surface area contributed by atoms with Gasteiger partial charge in [-0.25, -0.2) is 4.79 Å². The Morgan fingerprint density at radius 2 is 1.77 bits per heavy atom. The SMILES string of the molecule is CCC(=CCC(O)(C(=O)O)C1CCCC1N1CCOCC1)OCc1ccc(-c2ccccc2)cc1. The summed E-state index contributed by atoms with van der Waals surface area (Å²) in [5, 5.41) is 21.5. The smallest absolute Gasteiger partial charge is 0.336 e. The molecule has 3 unspecified atom stereocenters. The second-order valence-corrected chi connectivity index (χ2v) is 9.56. The van der Waals surface area contributed by atoms with Crippen LogP contribution < -0.4 is 0 Å². The Labute approximate surface area is 208 Å². The summed E-state index contributed by atoms with van der Waals surface area (Å²) in [5.41, 5.74) is 1.56. The minimum Gasteiger partial charge on any atom is -0.494 e. The maximum Gasteiger partial charge on any atom is 0.336 e. The summed E-state index contributed by atoms with van der Waals surface area (Å²) in [4.78, 5) is 14.6. The minimum atomic E-state index is -1.80. The topological polar surface area (TPSA) is 79.2 Å². The van der Waals surface area contributed by atoms with Crippen LogP contribution in [0.1, 0.15) is 44.6 Å². The number of carbonyl (C=O) groups is 1. The molecule has 0 spiro atoms. The van der Waals surface area contributed by atoms with E-state index in [0.717, 1.165) is 43.5 Å². The van der Waals surface area contributed by atoms with Crippen molar-refractivity contribution in [1.82, 2.24) is 4.90 Å². The Kier molecular flexibility index (Phi) is 8.60. The Bertz CT molecular complexity index is 984.